The van der Waals surface area contributed by atoms with Crippen molar-refractivity contribution in [1.29, 1.82) is 0 Å². The van der Waals surface area contributed by atoms with Crippen LogP contribution in [0.15, 0.2) is 30.3 Å². The number of likely N-dealkylation sites (N-methyl/N-ethyl adjacent to an activating group) is 1. The van der Waals surface area contributed by atoms with Crippen LogP contribution in [0.1, 0.15) is 37.7 Å². The number of carbonyl (C=O) groups excluding carboxylic acids is 1. The lowest BCUT2D eigenvalue weighted by atomic mass is 9.98. The first-order valence-corrected chi connectivity index (χ1v) is 11.1. The molecule has 0 aromatic heterocycles. The zero-order chi connectivity index (χ0) is 19.3. The van der Waals surface area contributed by atoms with Gasteiger partial charge in [0.2, 0.25) is 0 Å². The van der Waals surface area contributed by atoms with E-state index in [1.807, 2.05) is 0 Å². The lowest BCUT2D eigenvalue weighted by Gasteiger charge is -2.38. The third-order valence-corrected chi connectivity index (χ3v) is 6.87. The molecule has 0 saturated carbocycles. The van der Waals surface area contributed by atoms with Gasteiger partial charge >= 0.3 is 5.97 Å². The van der Waals surface area contributed by atoms with E-state index >= 15 is 0 Å². The molecule has 2 unspecified atom stereocenters. The highest BCUT2D eigenvalue weighted by Gasteiger charge is 2.41. The summed E-state index contributed by atoms with van der Waals surface area (Å²) in [4.78, 5) is 19.8. The SMILES string of the molecule is CN1CCN(CCC(=O)OC2CC3CCC(C2)N3CCc2ccccc2)CC1.Cl.Cl.Cl.O.O. The number of hydrogen-bond donors (Lipinski definition) is 0. The van der Waals surface area contributed by atoms with E-state index in [1.165, 1.54) is 18.4 Å². The summed E-state index contributed by atoms with van der Waals surface area (Å²) in [5.74, 6) is 0.000985. The van der Waals surface area contributed by atoms with Crippen molar-refractivity contribution in [3.63, 3.8) is 0 Å². The number of esters is 1. The Labute approximate surface area is 217 Å². The Morgan fingerprint density at radius 1 is 0.909 bits per heavy atom. The number of halogens is 3. The number of carbonyl (C=O) groups is 1. The number of piperazine rings is 1. The van der Waals surface area contributed by atoms with E-state index in [0.717, 1.165) is 58.5 Å². The van der Waals surface area contributed by atoms with Crippen LogP contribution in [0.5, 0.6) is 0 Å². The van der Waals surface area contributed by atoms with Crippen LogP contribution in [0.25, 0.3) is 0 Å². The average molecular weight is 531 g/mol. The van der Waals surface area contributed by atoms with Crippen molar-refractivity contribution >= 4 is 43.2 Å². The fourth-order valence-electron chi connectivity index (χ4n) is 5.15. The van der Waals surface area contributed by atoms with Gasteiger partial charge in [-0.05, 0) is 31.9 Å². The molecule has 2 bridgehead atoms. The maximum absolute atomic E-state index is 12.4. The van der Waals surface area contributed by atoms with Gasteiger partial charge in [-0.2, -0.15) is 0 Å². The van der Waals surface area contributed by atoms with E-state index in [0.29, 0.717) is 18.5 Å². The van der Waals surface area contributed by atoms with Gasteiger partial charge in [0.25, 0.3) is 0 Å². The number of fused-ring (bicyclic) bond motifs is 2. The summed E-state index contributed by atoms with van der Waals surface area (Å²) in [6, 6.07) is 12.0. The summed E-state index contributed by atoms with van der Waals surface area (Å²) in [5.41, 5.74) is 1.42. The zero-order valence-electron chi connectivity index (χ0n) is 19.5. The molecule has 3 aliphatic heterocycles. The minimum absolute atomic E-state index is 0. The molecule has 3 aliphatic rings. The molecule has 194 valence electrons. The smallest absolute Gasteiger partial charge is 0.307 e. The second-order valence-electron chi connectivity index (χ2n) is 8.84. The molecule has 33 heavy (non-hydrogen) atoms. The van der Waals surface area contributed by atoms with Gasteiger partial charge in [-0.15, -0.1) is 37.2 Å². The fourth-order valence-corrected chi connectivity index (χ4v) is 5.15. The maximum atomic E-state index is 12.4. The zero-order valence-corrected chi connectivity index (χ0v) is 21.9. The highest BCUT2D eigenvalue weighted by atomic mass is 35.5. The maximum Gasteiger partial charge on any atom is 0.307 e. The Morgan fingerprint density at radius 3 is 2.06 bits per heavy atom. The molecule has 0 radical (unpaired) electrons. The van der Waals surface area contributed by atoms with Gasteiger partial charge in [0, 0.05) is 64.2 Å². The van der Waals surface area contributed by atoms with E-state index in [2.05, 4.69) is 52.1 Å². The molecule has 10 heteroatoms. The highest BCUT2D eigenvalue weighted by molar-refractivity contribution is 5.86. The predicted molar refractivity (Wildman–Crippen MR) is 140 cm³/mol. The van der Waals surface area contributed by atoms with Crippen molar-refractivity contribution < 1.29 is 20.5 Å². The monoisotopic (exact) mass is 529 g/mol. The van der Waals surface area contributed by atoms with Crippen molar-refractivity contribution in [3.05, 3.63) is 35.9 Å². The molecule has 0 spiro atoms. The van der Waals surface area contributed by atoms with Gasteiger partial charge in [0.15, 0.2) is 0 Å². The molecule has 0 amide bonds. The fraction of sp³-hybridized carbons (Fsp3) is 0.696. The lowest BCUT2D eigenvalue weighted by Crippen LogP contribution is -2.47. The van der Waals surface area contributed by atoms with Crippen molar-refractivity contribution in [1.82, 2.24) is 14.7 Å². The van der Waals surface area contributed by atoms with Crippen LogP contribution in [0.4, 0.5) is 0 Å². The minimum atomic E-state index is 0. The Kier molecular flexibility index (Phi) is 17.7. The normalized spacial score (nSPS) is 24.7. The molecule has 0 aliphatic carbocycles. The van der Waals surface area contributed by atoms with Crippen LogP contribution in [-0.4, -0.2) is 96.1 Å². The first-order chi connectivity index (χ1) is 13.7. The molecule has 3 heterocycles. The van der Waals surface area contributed by atoms with Gasteiger partial charge in [0.05, 0.1) is 6.42 Å². The van der Waals surface area contributed by atoms with E-state index in [-0.39, 0.29) is 60.2 Å². The standard InChI is InChI=1S/C23H35N3O2.3ClH.2H2O/c1-24-13-15-25(16-14-24)11-10-23(27)28-22-17-20-7-8-21(18-22)26(20)12-9-19-5-3-2-4-6-19;;;;;/h2-6,20-22H,7-18H2,1H3;3*1H;2*1H2. The van der Waals surface area contributed by atoms with Gasteiger partial charge in [-0.1, -0.05) is 30.3 Å². The summed E-state index contributed by atoms with van der Waals surface area (Å²) in [6.45, 7) is 6.29. The van der Waals surface area contributed by atoms with Crippen molar-refractivity contribution in [2.24, 2.45) is 0 Å². The number of benzene rings is 1. The summed E-state index contributed by atoms with van der Waals surface area (Å²) in [5, 5.41) is 0. The largest absolute Gasteiger partial charge is 0.462 e. The number of rotatable bonds is 7. The summed E-state index contributed by atoms with van der Waals surface area (Å²) in [6.07, 6.45) is 6.34. The van der Waals surface area contributed by atoms with E-state index in [1.54, 1.807) is 0 Å². The van der Waals surface area contributed by atoms with Crippen molar-refractivity contribution in [3.8, 4) is 0 Å². The summed E-state index contributed by atoms with van der Waals surface area (Å²) >= 11 is 0. The number of piperidine rings is 1. The molecule has 1 aromatic carbocycles. The van der Waals surface area contributed by atoms with Crippen LogP contribution >= 0.6 is 37.2 Å². The number of nitrogens with zero attached hydrogens (tertiary/aromatic N) is 3. The van der Waals surface area contributed by atoms with Gasteiger partial charge < -0.3 is 25.5 Å². The quantitative estimate of drug-likeness (QED) is 0.502. The van der Waals surface area contributed by atoms with Crippen LogP contribution in [0.2, 0.25) is 0 Å². The van der Waals surface area contributed by atoms with Crippen LogP contribution in [-0.2, 0) is 16.0 Å². The summed E-state index contributed by atoms with van der Waals surface area (Å²) in [7, 11) is 2.16. The molecule has 3 saturated heterocycles. The molecule has 4 rings (SSSR count). The molecule has 4 N–H and O–H groups in total. The molecule has 7 nitrogen and oxygen atoms in total. The molecule has 1 aromatic rings. The van der Waals surface area contributed by atoms with Crippen molar-refractivity contribution in [2.45, 2.75) is 56.7 Å². The Bertz CT molecular complexity index is 637. The summed E-state index contributed by atoms with van der Waals surface area (Å²) < 4.78 is 5.89. The second-order valence-corrected chi connectivity index (χ2v) is 8.84. The van der Waals surface area contributed by atoms with Crippen LogP contribution in [0, 0.1) is 0 Å². The lowest BCUT2D eigenvalue weighted by molar-refractivity contribution is -0.153. The highest BCUT2D eigenvalue weighted by Crippen LogP contribution is 2.37. The van der Waals surface area contributed by atoms with Gasteiger partial charge in [0.1, 0.15) is 6.10 Å². The molecule has 2 atom stereocenters. The average Bonchev–Trinajstić information content (AvgIpc) is 2.95. The predicted octanol–water partition coefficient (Wildman–Crippen LogP) is 2.02. The third-order valence-electron chi connectivity index (χ3n) is 6.87. The van der Waals surface area contributed by atoms with E-state index in [9.17, 15) is 4.79 Å². The Hall–Kier alpha value is -0.640. The van der Waals surface area contributed by atoms with Crippen LogP contribution < -0.4 is 0 Å². The van der Waals surface area contributed by atoms with Gasteiger partial charge in [-0.3, -0.25) is 9.69 Å². The minimum Gasteiger partial charge on any atom is -0.462 e. The van der Waals surface area contributed by atoms with Gasteiger partial charge in [-0.25, -0.2) is 0 Å². The number of ether oxygens (including phenoxy) is 1. The topological polar surface area (TPSA) is 99.0 Å². The van der Waals surface area contributed by atoms with E-state index < -0.39 is 0 Å². The first kappa shape index (κ1) is 34.5. The first-order valence-electron chi connectivity index (χ1n) is 11.1. The van der Waals surface area contributed by atoms with Crippen molar-refractivity contribution in [2.75, 3.05) is 46.3 Å². The molecule has 3 fully saturated rings. The Morgan fingerprint density at radius 2 is 1.48 bits per heavy atom. The molecular formula is C23H42Cl3N3O4. The number of hydrogen-bond acceptors (Lipinski definition) is 5. The van der Waals surface area contributed by atoms with E-state index in [4.69, 9.17) is 4.74 Å². The second kappa shape index (κ2) is 16.9. The third kappa shape index (κ3) is 9.86. The Balaban J connectivity index is 0. The van der Waals surface area contributed by atoms with Crippen LogP contribution in [0.3, 0.4) is 0 Å². The molecular weight excluding hydrogens is 489 g/mol.